The van der Waals surface area contributed by atoms with Gasteiger partial charge in [0, 0.05) is 29.1 Å². The average Bonchev–Trinajstić information content (AvgIpc) is 2.65. The maximum Gasteiger partial charge on any atom is 0.345 e. The van der Waals surface area contributed by atoms with Crippen molar-refractivity contribution in [2.75, 3.05) is 0 Å². The van der Waals surface area contributed by atoms with Crippen LogP contribution in [0.1, 0.15) is 40.7 Å². The highest BCUT2D eigenvalue weighted by Gasteiger charge is 2.27. The highest BCUT2D eigenvalue weighted by molar-refractivity contribution is 5.92. The number of H-pyrrole nitrogens is 1. The molecular weight excluding hydrogens is 284 g/mol. The quantitative estimate of drug-likeness (QED) is 0.791. The molecule has 1 aliphatic rings. The first-order chi connectivity index (χ1) is 10.5. The molecule has 0 saturated heterocycles. The maximum absolute atomic E-state index is 12.0. The molecule has 0 amide bonds. The lowest BCUT2D eigenvalue weighted by molar-refractivity contribution is 0.0691. The zero-order chi connectivity index (χ0) is 16.0. The molecule has 0 atom stereocenters. The maximum atomic E-state index is 12.0. The summed E-state index contributed by atoms with van der Waals surface area (Å²) in [5.41, 5.74) is 2.82. The summed E-state index contributed by atoms with van der Waals surface area (Å²) < 4.78 is 2.19. The number of rotatable bonds is 2. The van der Waals surface area contributed by atoms with E-state index in [0.717, 1.165) is 36.3 Å². The summed E-state index contributed by atoms with van der Waals surface area (Å²) >= 11 is 0. The van der Waals surface area contributed by atoms with Crippen LogP contribution in [0.2, 0.25) is 0 Å². The van der Waals surface area contributed by atoms with Crippen molar-refractivity contribution < 1.29 is 15.0 Å². The van der Waals surface area contributed by atoms with Gasteiger partial charge >= 0.3 is 5.97 Å². The SMILES string of the molecule is CCn1c(C)cc2c1CCCc1c-2[nH]c(=O)c(C(=O)O)c1O. The third-order valence-electron chi connectivity index (χ3n) is 4.35. The molecule has 0 spiro atoms. The van der Waals surface area contributed by atoms with Crippen molar-refractivity contribution in [3.05, 3.63) is 38.9 Å². The topological polar surface area (TPSA) is 95.3 Å². The number of pyridine rings is 1. The zero-order valence-corrected chi connectivity index (χ0v) is 12.6. The summed E-state index contributed by atoms with van der Waals surface area (Å²) in [5, 5.41) is 19.4. The fraction of sp³-hybridized carbons (Fsp3) is 0.375. The molecule has 22 heavy (non-hydrogen) atoms. The molecule has 6 heteroatoms. The van der Waals surface area contributed by atoms with Gasteiger partial charge in [-0.2, -0.15) is 0 Å². The summed E-state index contributed by atoms with van der Waals surface area (Å²) in [6.07, 6.45) is 2.16. The molecule has 3 N–H and O–H groups in total. The molecule has 0 saturated carbocycles. The van der Waals surface area contributed by atoms with Crippen LogP contribution < -0.4 is 5.56 Å². The second kappa shape index (κ2) is 5.05. The van der Waals surface area contributed by atoms with E-state index in [4.69, 9.17) is 5.11 Å². The molecule has 0 unspecified atom stereocenters. The van der Waals surface area contributed by atoms with Crippen LogP contribution in [0, 0.1) is 6.92 Å². The standard InChI is InChI=1S/C16H18N2O4/c1-3-18-8(2)7-10-11(18)6-4-5-9-13(10)17-15(20)12(14(9)19)16(21)22/h7H,3-6H2,1-2H3,(H,21,22)(H2,17,19,20). The Morgan fingerprint density at radius 1 is 1.41 bits per heavy atom. The van der Waals surface area contributed by atoms with Gasteiger partial charge in [0.1, 0.15) is 5.75 Å². The molecular formula is C16H18N2O4. The van der Waals surface area contributed by atoms with Gasteiger partial charge in [-0.3, -0.25) is 4.79 Å². The minimum absolute atomic E-state index is 0.402. The summed E-state index contributed by atoms with van der Waals surface area (Å²) in [7, 11) is 0. The van der Waals surface area contributed by atoms with Gasteiger partial charge in [0.2, 0.25) is 0 Å². The third-order valence-corrected chi connectivity index (χ3v) is 4.35. The van der Waals surface area contributed by atoms with Crippen LogP contribution in [-0.4, -0.2) is 25.7 Å². The smallest absolute Gasteiger partial charge is 0.345 e. The Morgan fingerprint density at radius 2 is 2.14 bits per heavy atom. The van der Waals surface area contributed by atoms with Gasteiger partial charge in [0.25, 0.3) is 5.56 Å². The Bertz CT molecular complexity index is 830. The van der Waals surface area contributed by atoms with Crippen molar-refractivity contribution >= 4 is 5.97 Å². The van der Waals surface area contributed by atoms with Crippen LogP contribution in [0.3, 0.4) is 0 Å². The van der Waals surface area contributed by atoms with Crippen molar-refractivity contribution in [3.8, 4) is 17.0 Å². The van der Waals surface area contributed by atoms with Crippen molar-refractivity contribution in [2.45, 2.75) is 39.7 Å². The summed E-state index contributed by atoms with van der Waals surface area (Å²) in [6.45, 7) is 4.90. The van der Waals surface area contributed by atoms with Crippen LogP contribution in [0.4, 0.5) is 0 Å². The number of aromatic amines is 1. The first-order valence-corrected chi connectivity index (χ1v) is 7.36. The van der Waals surface area contributed by atoms with Crippen molar-refractivity contribution in [1.29, 1.82) is 0 Å². The van der Waals surface area contributed by atoms with Gasteiger partial charge in [-0.25, -0.2) is 4.79 Å². The first kappa shape index (κ1) is 14.4. The largest absolute Gasteiger partial charge is 0.506 e. The van der Waals surface area contributed by atoms with Gasteiger partial charge < -0.3 is 19.8 Å². The van der Waals surface area contributed by atoms with Crippen LogP contribution in [0.15, 0.2) is 10.9 Å². The Hall–Kier alpha value is -2.50. The minimum atomic E-state index is -1.41. The third kappa shape index (κ3) is 1.94. The van der Waals surface area contributed by atoms with Crippen LogP contribution >= 0.6 is 0 Å². The van der Waals surface area contributed by atoms with Crippen molar-refractivity contribution in [3.63, 3.8) is 0 Å². The number of hydrogen-bond acceptors (Lipinski definition) is 3. The Labute approximate surface area is 127 Å². The Balaban J connectivity index is 2.35. The molecule has 2 aromatic heterocycles. The fourth-order valence-corrected chi connectivity index (χ4v) is 3.39. The molecule has 0 aliphatic heterocycles. The lowest BCUT2D eigenvalue weighted by atomic mass is 10.0. The number of aryl methyl sites for hydroxylation is 1. The zero-order valence-electron chi connectivity index (χ0n) is 12.6. The van der Waals surface area contributed by atoms with E-state index >= 15 is 0 Å². The van der Waals surface area contributed by atoms with E-state index in [9.17, 15) is 14.7 Å². The molecule has 1 aliphatic carbocycles. The number of hydrogen-bond donors (Lipinski definition) is 3. The summed E-state index contributed by atoms with van der Waals surface area (Å²) in [6, 6.07) is 1.98. The molecule has 0 aromatic carbocycles. The number of fused-ring (bicyclic) bond motifs is 3. The summed E-state index contributed by atoms with van der Waals surface area (Å²) in [4.78, 5) is 25.9. The van der Waals surface area contributed by atoms with Gasteiger partial charge in [-0.1, -0.05) is 0 Å². The van der Waals surface area contributed by atoms with Gasteiger partial charge in [-0.05, 0) is 39.2 Å². The molecule has 2 heterocycles. The highest BCUT2D eigenvalue weighted by Crippen LogP contribution is 2.37. The molecule has 0 fully saturated rings. The van der Waals surface area contributed by atoms with Gasteiger partial charge in [0.05, 0.1) is 5.69 Å². The summed E-state index contributed by atoms with van der Waals surface area (Å²) in [5.74, 6) is -1.81. The van der Waals surface area contributed by atoms with E-state index in [2.05, 4.69) is 16.5 Å². The number of carboxylic acid groups (broad SMARTS) is 1. The monoisotopic (exact) mass is 302 g/mol. The Morgan fingerprint density at radius 3 is 2.77 bits per heavy atom. The van der Waals surface area contributed by atoms with E-state index in [0.29, 0.717) is 17.7 Å². The lowest BCUT2D eigenvalue weighted by Crippen LogP contribution is -2.19. The van der Waals surface area contributed by atoms with E-state index in [1.54, 1.807) is 0 Å². The fourth-order valence-electron chi connectivity index (χ4n) is 3.39. The molecule has 0 radical (unpaired) electrons. The minimum Gasteiger partial charge on any atom is -0.506 e. The Kier molecular flexibility index (Phi) is 3.31. The van der Waals surface area contributed by atoms with Gasteiger partial charge in [-0.15, -0.1) is 0 Å². The normalized spacial score (nSPS) is 13.4. The lowest BCUT2D eigenvalue weighted by Gasteiger charge is -2.10. The molecule has 116 valence electrons. The second-order valence-electron chi connectivity index (χ2n) is 5.58. The molecule has 2 aromatic rings. The van der Waals surface area contributed by atoms with E-state index in [-0.39, 0.29) is 0 Å². The second-order valence-corrected chi connectivity index (χ2v) is 5.58. The number of aromatic hydroxyl groups is 1. The van der Waals surface area contributed by atoms with Crippen LogP contribution in [0.5, 0.6) is 5.75 Å². The predicted molar refractivity (Wildman–Crippen MR) is 81.5 cm³/mol. The van der Waals surface area contributed by atoms with E-state index in [1.807, 2.05) is 13.0 Å². The van der Waals surface area contributed by atoms with Gasteiger partial charge in [0.15, 0.2) is 5.56 Å². The number of nitrogens with one attached hydrogen (secondary N) is 1. The molecule has 6 nitrogen and oxygen atoms in total. The predicted octanol–water partition coefficient (Wildman–Crippen LogP) is 2.06. The number of carboxylic acids is 1. The molecule has 0 bridgehead atoms. The number of aromatic carboxylic acids is 1. The van der Waals surface area contributed by atoms with E-state index < -0.39 is 22.8 Å². The van der Waals surface area contributed by atoms with Crippen molar-refractivity contribution in [2.24, 2.45) is 0 Å². The first-order valence-electron chi connectivity index (χ1n) is 7.36. The van der Waals surface area contributed by atoms with Crippen LogP contribution in [0.25, 0.3) is 11.3 Å². The average molecular weight is 302 g/mol. The van der Waals surface area contributed by atoms with Crippen LogP contribution in [-0.2, 0) is 19.4 Å². The van der Waals surface area contributed by atoms with Crippen molar-refractivity contribution in [1.82, 2.24) is 9.55 Å². The highest BCUT2D eigenvalue weighted by atomic mass is 16.4. The molecule has 3 rings (SSSR count). The number of aromatic nitrogens is 2. The number of nitrogens with zero attached hydrogens (tertiary/aromatic N) is 1. The van der Waals surface area contributed by atoms with E-state index in [1.165, 1.54) is 0 Å². The number of carbonyl (C=O) groups is 1.